The highest BCUT2D eigenvalue weighted by molar-refractivity contribution is 7.94. The maximum absolute atomic E-state index is 12.5. The van der Waals surface area contributed by atoms with Crippen LogP contribution in [0.5, 0.6) is 5.75 Å². The third-order valence-electron chi connectivity index (χ3n) is 3.26. The van der Waals surface area contributed by atoms with Crippen LogP contribution in [-0.2, 0) is 10.0 Å². The third-order valence-corrected chi connectivity index (χ3v) is 6.33. The molecule has 0 unspecified atom stereocenters. The Morgan fingerprint density at radius 2 is 2.08 bits per heavy atom. The van der Waals surface area contributed by atoms with Crippen molar-refractivity contribution in [2.24, 2.45) is 0 Å². The smallest absolute Gasteiger partial charge is 0.271 e. The zero-order chi connectivity index (χ0) is 17.5. The topological polar surface area (TPSA) is 111 Å². The number of carbonyl (C=O) groups is 1. The molecule has 0 atom stereocenters. The van der Waals surface area contributed by atoms with Crippen molar-refractivity contribution < 1.29 is 23.1 Å². The lowest BCUT2D eigenvalue weighted by molar-refractivity contribution is -0.255. The number of halogens is 1. The van der Waals surface area contributed by atoms with Gasteiger partial charge in [-0.2, -0.15) is 0 Å². The molecule has 2 aromatic heterocycles. The molecule has 7 nitrogen and oxygen atoms in total. The Morgan fingerprint density at radius 1 is 1.33 bits per heavy atom. The number of aromatic nitrogens is 1. The Labute approximate surface area is 145 Å². The Morgan fingerprint density at radius 3 is 2.67 bits per heavy atom. The van der Waals surface area contributed by atoms with E-state index < -0.39 is 16.0 Å². The first kappa shape index (κ1) is 16.6. The second-order valence-corrected chi connectivity index (χ2v) is 8.36. The van der Waals surface area contributed by atoms with Crippen LogP contribution in [0.15, 0.2) is 34.5 Å². The molecule has 0 spiro atoms. The van der Waals surface area contributed by atoms with Crippen LogP contribution in [0.2, 0.25) is 4.34 Å². The lowest BCUT2D eigenvalue weighted by atomic mass is 10.2. The van der Waals surface area contributed by atoms with Crippen molar-refractivity contribution in [3.05, 3.63) is 40.4 Å². The molecular weight excluding hydrogens is 376 g/mol. The molecule has 0 amide bonds. The summed E-state index contributed by atoms with van der Waals surface area (Å²) in [5.41, 5.74) is -0.0604. The highest BCUT2D eigenvalue weighted by Crippen LogP contribution is 2.34. The minimum absolute atomic E-state index is 0.0333. The van der Waals surface area contributed by atoms with Gasteiger partial charge in [0.2, 0.25) is 0 Å². The number of methoxy groups -OCH3 is 1. The molecule has 24 heavy (non-hydrogen) atoms. The minimum atomic E-state index is -4.00. The number of rotatable bonds is 5. The summed E-state index contributed by atoms with van der Waals surface area (Å²) in [6.45, 7) is 0. The summed E-state index contributed by atoms with van der Waals surface area (Å²) in [7, 11) is -2.55. The summed E-state index contributed by atoms with van der Waals surface area (Å²) in [6.07, 6.45) is 0. The number of ether oxygens (including phenoxy) is 1. The normalized spacial score (nSPS) is 11.6. The fourth-order valence-corrected chi connectivity index (χ4v) is 4.76. The molecule has 0 saturated heterocycles. The molecule has 1 aromatic carbocycles. The number of carboxylic acid groups (broad SMARTS) is 1. The number of fused-ring (bicyclic) bond motifs is 1. The van der Waals surface area contributed by atoms with E-state index in [4.69, 9.17) is 16.3 Å². The summed E-state index contributed by atoms with van der Waals surface area (Å²) >= 11 is 6.63. The maximum Gasteiger partial charge on any atom is 0.271 e. The van der Waals surface area contributed by atoms with Gasteiger partial charge in [0.05, 0.1) is 28.8 Å². The van der Waals surface area contributed by atoms with Crippen molar-refractivity contribution in [1.29, 1.82) is 0 Å². The van der Waals surface area contributed by atoms with Gasteiger partial charge in [-0.05, 0) is 30.3 Å². The molecule has 126 valence electrons. The number of hydrogen-bond donors (Lipinski definition) is 2. The van der Waals surface area contributed by atoms with Crippen molar-refractivity contribution >= 4 is 55.5 Å². The van der Waals surface area contributed by atoms with E-state index in [-0.39, 0.29) is 15.6 Å². The van der Waals surface area contributed by atoms with Gasteiger partial charge in [0, 0.05) is 10.9 Å². The summed E-state index contributed by atoms with van der Waals surface area (Å²) < 4.78 is 32.6. The molecular formula is C14H10ClN2O5S2-. The summed E-state index contributed by atoms with van der Waals surface area (Å²) in [5.74, 6) is -1.09. The van der Waals surface area contributed by atoms with Crippen molar-refractivity contribution in [1.82, 2.24) is 4.98 Å². The molecule has 0 radical (unpaired) electrons. The molecule has 2 heterocycles. The largest absolute Gasteiger partial charge is 0.543 e. The van der Waals surface area contributed by atoms with E-state index >= 15 is 0 Å². The Kier molecular flexibility index (Phi) is 4.16. The summed E-state index contributed by atoms with van der Waals surface area (Å²) in [6, 6.07) is 7.51. The number of H-pyrrole nitrogens is 1. The average Bonchev–Trinajstić information content (AvgIpc) is 3.11. The van der Waals surface area contributed by atoms with Crippen LogP contribution in [0.4, 0.5) is 5.69 Å². The van der Waals surface area contributed by atoms with Gasteiger partial charge in [-0.15, -0.1) is 11.3 Å². The van der Waals surface area contributed by atoms with Crippen LogP contribution in [0.1, 0.15) is 10.5 Å². The predicted octanol–water partition coefficient (Wildman–Crippen LogP) is 2.06. The van der Waals surface area contributed by atoms with Crippen LogP contribution < -0.4 is 14.6 Å². The number of carbonyl (C=O) groups excluding carboxylic acids is 1. The summed E-state index contributed by atoms with van der Waals surface area (Å²) in [4.78, 5) is 14.0. The quantitative estimate of drug-likeness (QED) is 0.698. The standard InChI is InChI=1S/C14H11ClN2O5S2/c1-22-7-2-3-9-8(6-7)12(13(16-9)14(18)19)17-24(20,21)11-5-4-10(15)23-11/h2-6,16-17H,1H3,(H,18,19)/p-1. The highest BCUT2D eigenvalue weighted by atomic mass is 35.5. The molecule has 0 bridgehead atoms. The van der Waals surface area contributed by atoms with E-state index in [0.717, 1.165) is 11.3 Å². The first-order valence-corrected chi connectivity index (χ1v) is 9.19. The van der Waals surface area contributed by atoms with Crippen molar-refractivity contribution in [3.63, 3.8) is 0 Å². The molecule has 2 N–H and O–H groups in total. The second-order valence-electron chi connectivity index (χ2n) is 4.74. The lowest BCUT2D eigenvalue weighted by Gasteiger charge is -2.09. The van der Waals surface area contributed by atoms with E-state index in [2.05, 4.69) is 9.71 Å². The maximum atomic E-state index is 12.5. The molecule has 0 fully saturated rings. The van der Waals surface area contributed by atoms with Crippen molar-refractivity contribution in [2.75, 3.05) is 11.8 Å². The van der Waals surface area contributed by atoms with Gasteiger partial charge in [0.1, 0.15) is 9.96 Å². The van der Waals surface area contributed by atoms with Crippen LogP contribution in [0, 0.1) is 0 Å². The number of sulfonamides is 1. The van der Waals surface area contributed by atoms with Crippen LogP contribution in [0.25, 0.3) is 10.9 Å². The van der Waals surface area contributed by atoms with E-state index in [9.17, 15) is 18.3 Å². The van der Waals surface area contributed by atoms with E-state index in [1.165, 1.54) is 25.3 Å². The number of hydrogen-bond acceptors (Lipinski definition) is 6. The molecule has 10 heteroatoms. The Balaban J connectivity index is 2.16. The van der Waals surface area contributed by atoms with Gasteiger partial charge in [-0.25, -0.2) is 8.42 Å². The zero-order valence-corrected chi connectivity index (χ0v) is 14.5. The number of carboxylic acids is 1. The highest BCUT2D eigenvalue weighted by Gasteiger charge is 2.22. The third kappa shape index (κ3) is 2.93. The van der Waals surface area contributed by atoms with Crippen LogP contribution in [0.3, 0.4) is 0 Å². The average molecular weight is 386 g/mol. The fraction of sp³-hybridized carbons (Fsp3) is 0.0714. The molecule has 3 rings (SSSR count). The molecule has 0 aliphatic heterocycles. The fourth-order valence-electron chi connectivity index (χ4n) is 2.18. The van der Waals surface area contributed by atoms with Crippen molar-refractivity contribution in [3.8, 4) is 5.75 Å². The van der Waals surface area contributed by atoms with Gasteiger partial charge in [0.25, 0.3) is 10.0 Å². The predicted molar refractivity (Wildman–Crippen MR) is 89.3 cm³/mol. The lowest BCUT2D eigenvalue weighted by Crippen LogP contribution is -2.24. The molecule has 0 aliphatic rings. The van der Waals surface area contributed by atoms with Crippen LogP contribution >= 0.6 is 22.9 Å². The van der Waals surface area contributed by atoms with Gasteiger partial charge in [0.15, 0.2) is 0 Å². The summed E-state index contributed by atoms with van der Waals surface area (Å²) in [5, 5.41) is 11.7. The van der Waals surface area contributed by atoms with Gasteiger partial charge >= 0.3 is 0 Å². The molecule has 0 aliphatic carbocycles. The first-order valence-electron chi connectivity index (χ1n) is 6.51. The van der Waals surface area contributed by atoms with E-state index in [1.807, 2.05) is 0 Å². The molecule has 3 aromatic rings. The van der Waals surface area contributed by atoms with Crippen LogP contribution in [-0.4, -0.2) is 26.5 Å². The number of benzene rings is 1. The number of aromatic amines is 1. The van der Waals surface area contributed by atoms with Gasteiger partial charge in [-0.3, -0.25) is 4.72 Å². The van der Waals surface area contributed by atoms with Crippen molar-refractivity contribution in [2.45, 2.75) is 4.21 Å². The second kappa shape index (κ2) is 6.00. The number of nitrogens with one attached hydrogen (secondary N) is 2. The minimum Gasteiger partial charge on any atom is -0.543 e. The number of thiophene rings is 1. The van der Waals surface area contributed by atoms with E-state index in [0.29, 0.717) is 21.0 Å². The number of aromatic carboxylic acids is 1. The SMILES string of the molecule is COc1ccc2[nH]c(C(=O)[O-])c(NS(=O)(=O)c3ccc(Cl)s3)c2c1. The zero-order valence-electron chi connectivity index (χ0n) is 12.1. The van der Waals surface area contributed by atoms with E-state index in [1.54, 1.807) is 12.1 Å². The molecule has 0 saturated carbocycles. The number of anilines is 1. The monoisotopic (exact) mass is 385 g/mol. The first-order chi connectivity index (χ1) is 11.3. The van der Waals surface area contributed by atoms with Gasteiger partial charge in [-0.1, -0.05) is 11.6 Å². The van der Waals surface area contributed by atoms with Gasteiger partial charge < -0.3 is 19.6 Å². The Hall–Kier alpha value is -2.23. The Bertz CT molecular complexity index is 1040.